The summed E-state index contributed by atoms with van der Waals surface area (Å²) in [5.41, 5.74) is 1.92. The van der Waals surface area contributed by atoms with Crippen molar-refractivity contribution in [2.24, 2.45) is 23.2 Å². The summed E-state index contributed by atoms with van der Waals surface area (Å²) >= 11 is 0. The van der Waals surface area contributed by atoms with Crippen LogP contribution in [-0.4, -0.2) is 27.4 Å². The van der Waals surface area contributed by atoms with Crippen molar-refractivity contribution in [1.29, 1.82) is 0 Å². The molecule has 1 heterocycles. The van der Waals surface area contributed by atoms with Crippen molar-refractivity contribution in [3.05, 3.63) is 47.8 Å². The van der Waals surface area contributed by atoms with Gasteiger partial charge >= 0.3 is 0 Å². The Balaban J connectivity index is 1.21. The van der Waals surface area contributed by atoms with Crippen LogP contribution in [0, 0.1) is 23.2 Å². The van der Waals surface area contributed by atoms with E-state index < -0.39 is 0 Å². The largest absolute Gasteiger partial charge is 0.350 e. The lowest BCUT2D eigenvalue weighted by molar-refractivity contribution is -0.0503. The minimum absolute atomic E-state index is 0.0833. The summed E-state index contributed by atoms with van der Waals surface area (Å²) in [6.07, 6.45) is 9.96. The van der Waals surface area contributed by atoms with Crippen LogP contribution in [0.5, 0.6) is 0 Å². The van der Waals surface area contributed by atoms with E-state index in [-0.39, 0.29) is 5.91 Å². The lowest BCUT2D eigenvalue weighted by atomic mass is 9.49. The maximum Gasteiger partial charge on any atom is 0.273 e. The van der Waals surface area contributed by atoms with Gasteiger partial charge in [0, 0.05) is 6.54 Å². The number of aromatic nitrogens is 3. The monoisotopic (exact) mass is 350 g/mol. The zero-order valence-corrected chi connectivity index (χ0v) is 15.1. The molecule has 4 fully saturated rings. The molecule has 1 amide bonds. The van der Waals surface area contributed by atoms with E-state index in [1.165, 1.54) is 38.5 Å². The highest BCUT2D eigenvalue weighted by Crippen LogP contribution is 2.59. The summed E-state index contributed by atoms with van der Waals surface area (Å²) < 4.78 is 1.73. The van der Waals surface area contributed by atoms with Crippen LogP contribution in [0.15, 0.2) is 36.5 Å². The summed E-state index contributed by atoms with van der Waals surface area (Å²) in [5.74, 6) is 2.64. The topological polar surface area (TPSA) is 59.8 Å². The quantitative estimate of drug-likeness (QED) is 0.900. The molecule has 0 radical (unpaired) electrons. The molecule has 6 rings (SSSR count). The average molecular weight is 350 g/mol. The molecule has 4 bridgehead atoms. The molecule has 5 heteroatoms. The van der Waals surface area contributed by atoms with E-state index in [4.69, 9.17) is 0 Å². The standard InChI is InChI=1S/C21H26N4O/c26-20(19-13-25(24-23-19)12-15-4-2-1-3-5-15)22-14-21-9-16-6-17(10-21)8-18(7-16)11-21/h1-5,13,16-18H,6-12,14H2,(H,22,26). The van der Waals surface area contributed by atoms with E-state index in [1.807, 2.05) is 18.2 Å². The Morgan fingerprint density at radius 2 is 1.73 bits per heavy atom. The highest BCUT2D eigenvalue weighted by Gasteiger charge is 2.50. The number of amides is 1. The number of hydrogen-bond acceptors (Lipinski definition) is 3. The number of nitrogens with one attached hydrogen (secondary N) is 1. The zero-order valence-electron chi connectivity index (χ0n) is 15.1. The van der Waals surface area contributed by atoms with Crippen molar-refractivity contribution in [3.8, 4) is 0 Å². The van der Waals surface area contributed by atoms with Gasteiger partial charge in [0.15, 0.2) is 5.69 Å². The third-order valence-corrected chi connectivity index (χ3v) is 6.75. The third-order valence-electron chi connectivity index (χ3n) is 6.75. The predicted molar refractivity (Wildman–Crippen MR) is 98.5 cm³/mol. The van der Waals surface area contributed by atoms with Gasteiger partial charge in [0.1, 0.15) is 0 Å². The molecule has 136 valence electrons. The zero-order chi connectivity index (χ0) is 17.6. The van der Waals surface area contributed by atoms with Gasteiger partial charge in [0.2, 0.25) is 0 Å². The summed E-state index contributed by atoms with van der Waals surface area (Å²) in [6.45, 7) is 1.44. The Bertz CT molecular complexity index is 762. The smallest absolute Gasteiger partial charge is 0.273 e. The SMILES string of the molecule is O=C(NCC12CC3CC(CC(C3)C1)C2)c1cn(Cc2ccccc2)nn1. The van der Waals surface area contributed by atoms with Gasteiger partial charge in [0.05, 0.1) is 12.7 Å². The van der Waals surface area contributed by atoms with E-state index >= 15 is 0 Å². The Kier molecular flexibility index (Phi) is 3.84. The summed E-state index contributed by atoms with van der Waals surface area (Å²) in [5, 5.41) is 11.4. The van der Waals surface area contributed by atoms with Gasteiger partial charge in [-0.2, -0.15) is 0 Å². The summed E-state index contributed by atoms with van der Waals surface area (Å²) in [4.78, 5) is 12.6. The van der Waals surface area contributed by atoms with Crippen LogP contribution < -0.4 is 5.32 Å². The van der Waals surface area contributed by atoms with Gasteiger partial charge in [-0.15, -0.1) is 5.10 Å². The molecule has 1 aromatic carbocycles. The second-order valence-corrected chi connectivity index (χ2v) is 8.89. The lowest BCUT2D eigenvalue weighted by Gasteiger charge is -2.56. The number of carbonyl (C=O) groups excluding carboxylic acids is 1. The van der Waals surface area contributed by atoms with Crippen LogP contribution >= 0.6 is 0 Å². The highest BCUT2D eigenvalue weighted by molar-refractivity contribution is 5.91. The molecule has 26 heavy (non-hydrogen) atoms. The first kappa shape index (κ1) is 16.0. The molecular weight excluding hydrogens is 324 g/mol. The second kappa shape index (κ2) is 6.22. The molecule has 4 aliphatic rings. The number of carbonyl (C=O) groups is 1. The van der Waals surface area contributed by atoms with Gasteiger partial charge in [-0.1, -0.05) is 35.5 Å². The van der Waals surface area contributed by atoms with Crippen LogP contribution in [0.3, 0.4) is 0 Å². The molecule has 4 aliphatic carbocycles. The average Bonchev–Trinajstić information content (AvgIpc) is 3.08. The van der Waals surface area contributed by atoms with Gasteiger partial charge in [-0.3, -0.25) is 4.79 Å². The Hall–Kier alpha value is -2.17. The van der Waals surface area contributed by atoms with Crippen molar-refractivity contribution in [1.82, 2.24) is 20.3 Å². The molecule has 0 saturated heterocycles. The van der Waals surface area contributed by atoms with E-state index in [1.54, 1.807) is 10.9 Å². The van der Waals surface area contributed by atoms with E-state index in [0.29, 0.717) is 17.7 Å². The predicted octanol–water partition coefficient (Wildman–Crippen LogP) is 3.27. The second-order valence-electron chi connectivity index (χ2n) is 8.89. The number of benzene rings is 1. The van der Waals surface area contributed by atoms with E-state index in [2.05, 4.69) is 27.8 Å². The molecule has 2 aromatic rings. The molecular formula is C21H26N4O. The van der Waals surface area contributed by atoms with Crippen molar-refractivity contribution in [3.63, 3.8) is 0 Å². The van der Waals surface area contributed by atoms with E-state index in [0.717, 1.165) is 29.9 Å². The van der Waals surface area contributed by atoms with Crippen LogP contribution in [0.1, 0.15) is 54.6 Å². The Morgan fingerprint density at radius 1 is 1.08 bits per heavy atom. The van der Waals surface area contributed by atoms with Gasteiger partial charge in [-0.25, -0.2) is 4.68 Å². The van der Waals surface area contributed by atoms with Gasteiger partial charge < -0.3 is 5.32 Å². The highest BCUT2D eigenvalue weighted by atomic mass is 16.2. The molecule has 0 unspecified atom stereocenters. The van der Waals surface area contributed by atoms with Crippen LogP contribution in [-0.2, 0) is 6.54 Å². The normalized spacial score (nSPS) is 31.9. The summed E-state index contributed by atoms with van der Waals surface area (Å²) in [6, 6.07) is 10.1. The molecule has 1 aromatic heterocycles. The fraction of sp³-hybridized carbons (Fsp3) is 0.571. The van der Waals surface area contributed by atoms with Crippen molar-refractivity contribution in [2.45, 2.75) is 45.1 Å². The molecule has 4 saturated carbocycles. The summed E-state index contributed by atoms with van der Waals surface area (Å²) in [7, 11) is 0. The number of hydrogen-bond donors (Lipinski definition) is 1. The third kappa shape index (κ3) is 3.04. The first-order valence-corrected chi connectivity index (χ1v) is 9.90. The van der Waals surface area contributed by atoms with Gasteiger partial charge in [-0.05, 0) is 67.3 Å². The minimum Gasteiger partial charge on any atom is -0.350 e. The molecule has 0 atom stereocenters. The Labute approximate surface area is 154 Å². The van der Waals surface area contributed by atoms with Gasteiger partial charge in [0.25, 0.3) is 5.91 Å². The molecule has 0 aliphatic heterocycles. The molecule has 5 nitrogen and oxygen atoms in total. The maximum absolute atomic E-state index is 12.6. The first-order chi connectivity index (χ1) is 12.7. The van der Waals surface area contributed by atoms with Crippen LogP contribution in [0.2, 0.25) is 0 Å². The van der Waals surface area contributed by atoms with Crippen LogP contribution in [0.25, 0.3) is 0 Å². The minimum atomic E-state index is -0.0833. The van der Waals surface area contributed by atoms with Crippen molar-refractivity contribution < 1.29 is 4.79 Å². The first-order valence-electron chi connectivity index (χ1n) is 9.90. The fourth-order valence-electron chi connectivity index (χ4n) is 6.12. The van der Waals surface area contributed by atoms with Crippen LogP contribution in [0.4, 0.5) is 0 Å². The molecule has 0 spiro atoms. The lowest BCUT2D eigenvalue weighted by Crippen LogP contribution is -2.51. The molecule has 1 N–H and O–H groups in total. The van der Waals surface area contributed by atoms with Crippen molar-refractivity contribution >= 4 is 5.91 Å². The maximum atomic E-state index is 12.6. The number of nitrogens with zero attached hydrogens (tertiary/aromatic N) is 3. The van der Waals surface area contributed by atoms with E-state index in [9.17, 15) is 4.79 Å². The number of rotatable bonds is 5. The Morgan fingerprint density at radius 3 is 2.38 bits per heavy atom. The van der Waals surface area contributed by atoms with Crippen molar-refractivity contribution in [2.75, 3.05) is 6.54 Å². The fourth-order valence-corrected chi connectivity index (χ4v) is 6.12.